The number of rotatable bonds is 6. The lowest BCUT2D eigenvalue weighted by atomic mass is 10.0. The zero-order chi connectivity index (χ0) is 13.8. The molecule has 0 spiro atoms. The lowest BCUT2D eigenvalue weighted by Crippen LogP contribution is -2.24. The second-order valence-electron chi connectivity index (χ2n) is 4.72. The van der Waals surface area contributed by atoms with E-state index >= 15 is 0 Å². The number of carboxylic acid groups (broad SMARTS) is 1. The van der Waals surface area contributed by atoms with Gasteiger partial charge in [0, 0.05) is 27.7 Å². The van der Waals surface area contributed by atoms with Crippen molar-refractivity contribution in [3.8, 4) is 0 Å². The molecule has 0 radical (unpaired) electrons. The highest BCUT2D eigenvalue weighted by atomic mass is 32.1. The zero-order valence-electron chi connectivity index (χ0n) is 10.9. The van der Waals surface area contributed by atoms with Crippen LogP contribution in [0.15, 0.2) is 29.0 Å². The van der Waals surface area contributed by atoms with Gasteiger partial charge in [0.05, 0.1) is 5.56 Å². The molecule has 5 heteroatoms. The van der Waals surface area contributed by atoms with Crippen LogP contribution in [0.25, 0.3) is 0 Å². The molecule has 19 heavy (non-hydrogen) atoms. The molecule has 2 N–H and O–H groups in total. The van der Waals surface area contributed by atoms with Gasteiger partial charge in [-0.3, -0.25) is 0 Å². The minimum absolute atomic E-state index is 0.315. The van der Waals surface area contributed by atoms with E-state index in [0.717, 1.165) is 4.88 Å². The van der Waals surface area contributed by atoms with E-state index in [1.165, 1.54) is 16.2 Å². The normalized spacial score (nSPS) is 12.8. The number of aromatic carboxylic acids is 1. The number of hydrogen-bond acceptors (Lipinski definition) is 4. The molecular weight excluding hydrogens is 278 g/mol. The Bertz CT molecular complexity index is 531. The molecule has 0 aliphatic rings. The van der Waals surface area contributed by atoms with Crippen LogP contribution < -0.4 is 5.32 Å². The first-order valence-electron chi connectivity index (χ1n) is 6.15. The smallest absolute Gasteiger partial charge is 0.336 e. The third-order valence-electron chi connectivity index (χ3n) is 2.91. The quantitative estimate of drug-likeness (QED) is 0.847. The van der Waals surface area contributed by atoms with Crippen LogP contribution in [0.3, 0.4) is 0 Å². The Morgan fingerprint density at radius 1 is 1.42 bits per heavy atom. The highest BCUT2D eigenvalue weighted by molar-refractivity contribution is 7.10. The maximum Gasteiger partial charge on any atom is 0.336 e. The van der Waals surface area contributed by atoms with E-state index < -0.39 is 5.97 Å². The Morgan fingerprint density at radius 2 is 2.21 bits per heavy atom. The van der Waals surface area contributed by atoms with E-state index in [1.54, 1.807) is 22.8 Å². The summed E-state index contributed by atoms with van der Waals surface area (Å²) in [5.74, 6) is -0.362. The summed E-state index contributed by atoms with van der Waals surface area (Å²) in [6, 6.07) is 6.26. The Balaban J connectivity index is 2.01. The van der Waals surface area contributed by atoms with Crippen LogP contribution in [0.4, 0.5) is 0 Å². The molecular formula is C14H17NO2S2. The summed E-state index contributed by atoms with van der Waals surface area (Å²) in [5, 5.41) is 16.2. The Kier molecular flexibility index (Phi) is 4.74. The van der Waals surface area contributed by atoms with Gasteiger partial charge in [0.25, 0.3) is 0 Å². The highest BCUT2D eigenvalue weighted by Gasteiger charge is 2.16. The summed E-state index contributed by atoms with van der Waals surface area (Å²) < 4.78 is 0. The van der Waals surface area contributed by atoms with Gasteiger partial charge in [-0.15, -0.1) is 22.7 Å². The maximum absolute atomic E-state index is 10.8. The summed E-state index contributed by atoms with van der Waals surface area (Å²) in [7, 11) is 0. The van der Waals surface area contributed by atoms with Gasteiger partial charge in [0.1, 0.15) is 0 Å². The molecule has 1 unspecified atom stereocenters. The van der Waals surface area contributed by atoms with Crippen molar-refractivity contribution in [1.82, 2.24) is 5.32 Å². The Labute approximate surface area is 120 Å². The summed E-state index contributed by atoms with van der Waals surface area (Å²) in [4.78, 5) is 13.2. The second kappa shape index (κ2) is 6.32. The molecule has 2 heterocycles. The van der Waals surface area contributed by atoms with Gasteiger partial charge in [-0.25, -0.2) is 4.79 Å². The minimum Gasteiger partial charge on any atom is -0.478 e. The fourth-order valence-electron chi connectivity index (χ4n) is 1.93. The molecule has 3 nitrogen and oxygen atoms in total. The van der Waals surface area contributed by atoms with Gasteiger partial charge >= 0.3 is 5.97 Å². The van der Waals surface area contributed by atoms with Crippen LogP contribution >= 0.6 is 22.7 Å². The lowest BCUT2D eigenvalue weighted by Gasteiger charge is -2.20. The molecule has 0 fully saturated rings. The number of carboxylic acids is 1. The number of thiophene rings is 2. The van der Waals surface area contributed by atoms with Crippen LogP contribution in [0, 0.1) is 5.92 Å². The number of carbonyl (C=O) groups is 1. The van der Waals surface area contributed by atoms with E-state index in [9.17, 15) is 4.79 Å². The summed E-state index contributed by atoms with van der Waals surface area (Å²) in [5.41, 5.74) is 0.374. The van der Waals surface area contributed by atoms with Gasteiger partial charge in [-0.2, -0.15) is 0 Å². The van der Waals surface area contributed by atoms with Crippen molar-refractivity contribution in [2.24, 2.45) is 5.92 Å². The molecule has 0 aliphatic carbocycles. The minimum atomic E-state index is -0.860. The molecule has 0 amide bonds. The summed E-state index contributed by atoms with van der Waals surface area (Å²) in [6.07, 6.45) is 0. The van der Waals surface area contributed by atoms with Crippen molar-refractivity contribution < 1.29 is 9.90 Å². The zero-order valence-corrected chi connectivity index (χ0v) is 12.6. The molecule has 102 valence electrons. The van der Waals surface area contributed by atoms with Gasteiger partial charge in [-0.1, -0.05) is 19.9 Å². The fourth-order valence-corrected chi connectivity index (χ4v) is 3.71. The van der Waals surface area contributed by atoms with Crippen molar-refractivity contribution in [2.45, 2.75) is 26.4 Å². The van der Waals surface area contributed by atoms with Crippen LogP contribution in [-0.2, 0) is 6.54 Å². The van der Waals surface area contributed by atoms with Gasteiger partial charge < -0.3 is 10.4 Å². The number of nitrogens with one attached hydrogen (secondary N) is 1. The molecule has 0 saturated heterocycles. The van der Waals surface area contributed by atoms with Crippen molar-refractivity contribution in [1.29, 1.82) is 0 Å². The molecule has 0 aromatic carbocycles. The van der Waals surface area contributed by atoms with Crippen molar-refractivity contribution >= 4 is 28.6 Å². The van der Waals surface area contributed by atoms with Gasteiger partial charge in [-0.05, 0) is 23.4 Å². The molecule has 0 bridgehead atoms. The largest absolute Gasteiger partial charge is 0.478 e. The van der Waals surface area contributed by atoms with E-state index in [4.69, 9.17) is 5.11 Å². The monoisotopic (exact) mass is 295 g/mol. The summed E-state index contributed by atoms with van der Waals surface area (Å²) >= 11 is 3.24. The average Bonchev–Trinajstić information content (AvgIpc) is 2.98. The van der Waals surface area contributed by atoms with Crippen molar-refractivity contribution in [2.75, 3.05) is 0 Å². The molecule has 1 atom stereocenters. The summed E-state index contributed by atoms with van der Waals surface area (Å²) in [6.45, 7) is 5.08. The van der Waals surface area contributed by atoms with Crippen molar-refractivity contribution in [3.63, 3.8) is 0 Å². The standard InChI is InChI=1S/C14H17NO2S2/c1-9(2)13(12-4-3-5-18-12)15-7-11-6-10(8-19-11)14(16)17/h3-6,8-9,13,15H,7H2,1-2H3,(H,16,17). The third kappa shape index (κ3) is 3.65. The highest BCUT2D eigenvalue weighted by Crippen LogP contribution is 2.26. The topological polar surface area (TPSA) is 49.3 Å². The van der Waals surface area contributed by atoms with Gasteiger partial charge in [0.15, 0.2) is 0 Å². The Hall–Kier alpha value is -1.17. The van der Waals surface area contributed by atoms with Crippen LogP contribution in [0.1, 0.15) is 40.0 Å². The predicted molar refractivity (Wildman–Crippen MR) is 80.0 cm³/mol. The van der Waals surface area contributed by atoms with E-state index in [2.05, 4.69) is 36.7 Å². The molecule has 2 aromatic heterocycles. The maximum atomic E-state index is 10.8. The Morgan fingerprint density at radius 3 is 2.74 bits per heavy atom. The fraction of sp³-hybridized carbons (Fsp3) is 0.357. The van der Waals surface area contributed by atoms with Crippen LogP contribution in [0.2, 0.25) is 0 Å². The first-order chi connectivity index (χ1) is 9.08. The molecule has 2 aromatic rings. The average molecular weight is 295 g/mol. The molecule has 0 saturated carbocycles. The first-order valence-corrected chi connectivity index (χ1v) is 7.91. The number of hydrogen-bond donors (Lipinski definition) is 2. The third-order valence-corrected chi connectivity index (χ3v) is 4.81. The molecule has 0 aliphatic heterocycles. The van der Waals surface area contributed by atoms with E-state index in [1.807, 2.05) is 0 Å². The van der Waals surface area contributed by atoms with Crippen molar-refractivity contribution in [3.05, 3.63) is 44.3 Å². The van der Waals surface area contributed by atoms with E-state index in [0.29, 0.717) is 24.1 Å². The molecule has 2 rings (SSSR count). The first kappa shape index (κ1) is 14.2. The second-order valence-corrected chi connectivity index (χ2v) is 6.70. The van der Waals surface area contributed by atoms with E-state index in [-0.39, 0.29) is 0 Å². The SMILES string of the molecule is CC(C)C(NCc1cc(C(=O)O)cs1)c1cccs1. The lowest BCUT2D eigenvalue weighted by molar-refractivity contribution is 0.0697. The predicted octanol–water partition coefficient (Wildman–Crippen LogP) is 3.99. The van der Waals surface area contributed by atoms with Gasteiger partial charge in [0.2, 0.25) is 0 Å². The van der Waals surface area contributed by atoms with Crippen LogP contribution in [0.5, 0.6) is 0 Å². The van der Waals surface area contributed by atoms with Crippen LogP contribution in [-0.4, -0.2) is 11.1 Å².